The Morgan fingerprint density at radius 2 is 2.11 bits per heavy atom. The van der Waals surface area contributed by atoms with Crippen molar-refractivity contribution in [2.75, 3.05) is 19.0 Å². The number of hydrogen-bond acceptors (Lipinski definition) is 4. The van der Waals surface area contributed by atoms with Crippen molar-refractivity contribution in [3.8, 4) is 5.75 Å². The summed E-state index contributed by atoms with van der Waals surface area (Å²) >= 11 is 8.90. The lowest BCUT2D eigenvalue weighted by atomic mass is 10.3. The van der Waals surface area contributed by atoms with Crippen LogP contribution in [0.3, 0.4) is 0 Å². The van der Waals surface area contributed by atoms with E-state index in [1.54, 1.807) is 7.11 Å². The predicted octanol–water partition coefficient (Wildman–Crippen LogP) is 4.51. The van der Waals surface area contributed by atoms with E-state index in [0.717, 1.165) is 38.0 Å². The normalized spacial score (nSPS) is 22.3. The predicted molar refractivity (Wildman–Crippen MR) is 88.4 cm³/mol. The zero-order valence-electron chi connectivity index (χ0n) is 10.5. The monoisotopic (exact) mass is 404 g/mol. The Morgan fingerprint density at radius 3 is 2.79 bits per heavy atom. The number of hydrogen-bond donors (Lipinski definition) is 1. The highest BCUT2D eigenvalue weighted by atomic mass is 79.9. The van der Waals surface area contributed by atoms with Crippen molar-refractivity contribution in [2.45, 2.75) is 18.1 Å². The molecule has 1 heterocycles. The van der Waals surface area contributed by atoms with Crippen molar-refractivity contribution in [3.05, 3.63) is 21.1 Å². The average molecular weight is 406 g/mol. The summed E-state index contributed by atoms with van der Waals surface area (Å²) in [6.45, 7) is 0.947. The van der Waals surface area contributed by atoms with Crippen molar-refractivity contribution in [3.63, 3.8) is 0 Å². The molecule has 1 aromatic carbocycles. The van der Waals surface area contributed by atoms with E-state index in [4.69, 9.17) is 4.74 Å². The Kier molecular flexibility index (Phi) is 4.10. The topological polar surface area (TPSA) is 33.6 Å². The third kappa shape index (κ3) is 3.11. The van der Waals surface area contributed by atoms with E-state index < -0.39 is 0 Å². The number of nitrogens with zero attached hydrogens (tertiary/aromatic N) is 1. The summed E-state index contributed by atoms with van der Waals surface area (Å²) in [5.41, 5.74) is 0.989. The second-order valence-electron chi connectivity index (χ2n) is 4.73. The van der Waals surface area contributed by atoms with E-state index in [1.165, 1.54) is 12.8 Å². The van der Waals surface area contributed by atoms with Crippen LogP contribution in [0, 0.1) is 5.92 Å². The molecule has 2 aliphatic rings. The molecule has 1 atom stereocenters. The number of anilines is 1. The van der Waals surface area contributed by atoms with Crippen LogP contribution >= 0.6 is 43.6 Å². The second-order valence-corrected chi connectivity index (χ2v) is 7.67. The second kappa shape index (κ2) is 5.66. The molecule has 1 aromatic rings. The van der Waals surface area contributed by atoms with Crippen LogP contribution in [0.4, 0.5) is 5.69 Å². The van der Waals surface area contributed by atoms with E-state index >= 15 is 0 Å². The first-order valence-electron chi connectivity index (χ1n) is 6.18. The summed E-state index contributed by atoms with van der Waals surface area (Å²) in [6.07, 6.45) is 2.74. The number of methoxy groups -OCH3 is 1. The van der Waals surface area contributed by atoms with Gasteiger partial charge in [-0.05, 0) is 56.7 Å². The van der Waals surface area contributed by atoms with Gasteiger partial charge in [-0.2, -0.15) is 0 Å². The molecule has 1 aliphatic carbocycles. The molecule has 102 valence electrons. The fourth-order valence-electron chi connectivity index (χ4n) is 2.07. The molecular weight excluding hydrogens is 392 g/mol. The van der Waals surface area contributed by atoms with Crippen LogP contribution < -0.4 is 10.1 Å². The van der Waals surface area contributed by atoms with Crippen LogP contribution in [0.2, 0.25) is 0 Å². The van der Waals surface area contributed by atoms with Gasteiger partial charge in [-0.25, -0.2) is 0 Å². The fraction of sp³-hybridized carbons (Fsp3) is 0.462. The third-order valence-corrected chi connectivity index (χ3v) is 5.88. The van der Waals surface area contributed by atoms with Crippen LogP contribution in [-0.2, 0) is 0 Å². The zero-order chi connectivity index (χ0) is 13.4. The minimum atomic E-state index is 0.679. The molecule has 0 radical (unpaired) electrons. The van der Waals surface area contributed by atoms with Crippen LogP contribution in [0.1, 0.15) is 12.8 Å². The van der Waals surface area contributed by atoms with Gasteiger partial charge in [0.15, 0.2) is 5.17 Å². The zero-order valence-corrected chi connectivity index (χ0v) is 14.4. The van der Waals surface area contributed by atoms with Crippen molar-refractivity contribution in [2.24, 2.45) is 10.9 Å². The number of rotatable bonds is 3. The lowest BCUT2D eigenvalue weighted by molar-refractivity contribution is 0.412. The molecule has 1 unspecified atom stereocenters. The first-order chi connectivity index (χ1) is 9.17. The lowest BCUT2D eigenvalue weighted by Gasteiger charge is -2.12. The number of halogens is 2. The number of benzene rings is 1. The highest BCUT2D eigenvalue weighted by molar-refractivity contribution is 9.11. The first kappa shape index (κ1) is 13.8. The molecule has 0 aromatic heterocycles. The summed E-state index contributed by atoms with van der Waals surface area (Å²) in [4.78, 5) is 4.59. The van der Waals surface area contributed by atoms with Gasteiger partial charge in [0, 0.05) is 15.8 Å². The Bertz CT molecular complexity index is 532. The molecule has 3 rings (SSSR count). The Hall–Kier alpha value is -0.200. The van der Waals surface area contributed by atoms with Gasteiger partial charge in [0.2, 0.25) is 0 Å². The standard InChI is InChI=1S/C13H14Br2N2OS/c1-18-11-5-10(8(14)4-9(11)15)17-13-16-6-12(19-13)7-2-3-7/h4-5,7,12H,2-3,6H2,1H3,(H,16,17). The number of nitrogens with one attached hydrogen (secondary N) is 1. The fourth-order valence-corrected chi connectivity index (χ4v) is 4.54. The average Bonchev–Trinajstić information content (AvgIpc) is 3.13. The van der Waals surface area contributed by atoms with Gasteiger partial charge >= 0.3 is 0 Å². The molecule has 1 N–H and O–H groups in total. The van der Waals surface area contributed by atoms with Crippen molar-refractivity contribution in [1.29, 1.82) is 0 Å². The highest BCUT2D eigenvalue weighted by Gasteiger charge is 2.35. The number of thioether (sulfide) groups is 1. The van der Waals surface area contributed by atoms with Crippen LogP contribution in [0.15, 0.2) is 26.1 Å². The molecular formula is C13H14Br2N2OS. The number of aliphatic imine (C=N–C) groups is 1. The minimum absolute atomic E-state index is 0.679. The SMILES string of the molecule is COc1cc(NC2=NCC(C3CC3)S2)c(Br)cc1Br. The molecule has 1 saturated carbocycles. The molecule has 0 bridgehead atoms. The maximum absolute atomic E-state index is 5.32. The van der Waals surface area contributed by atoms with Gasteiger partial charge in [0.25, 0.3) is 0 Å². The van der Waals surface area contributed by atoms with Gasteiger partial charge in [-0.3, -0.25) is 4.99 Å². The molecule has 1 aliphatic heterocycles. The van der Waals surface area contributed by atoms with E-state index in [0.29, 0.717) is 5.25 Å². The largest absolute Gasteiger partial charge is 0.495 e. The summed E-state index contributed by atoms with van der Waals surface area (Å²) < 4.78 is 7.25. The smallest absolute Gasteiger partial charge is 0.161 e. The number of amidine groups is 1. The molecule has 0 saturated heterocycles. The van der Waals surface area contributed by atoms with Gasteiger partial charge < -0.3 is 10.1 Å². The Labute approximate surface area is 133 Å². The molecule has 0 amide bonds. The van der Waals surface area contributed by atoms with Crippen molar-refractivity contribution in [1.82, 2.24) is 0 Å². The number of ether oxygens (including phenoxy) is 1. The van der Waals surface area contributed by atoms with Gasteiger partial charge in [0.05, 0.1) is 23.8 Å². The third-order valence-electron chi connectivity index (χ3n) is 3.31. The van der Waals surface area contributed by atoms with Gasteiger partial charge in [0.1, 0.15) is 5.75 Å². The van der Waals surface area contributed by atoms with E-state index in [2.05, 4.69) is 42.2 Å². The highest BCUT2D eigenvalue weighted by Crippen LogP contribution is 2.42. The van der Waals surface area contributed by atoms with Crippen LogP contribution in [-0.4, -0.2) is 24.1 Å². The maximum Gasteiger partial charge on any atom is 0.161 e. The molecule has 19 heavy (non-hydrogen) atoms. The lowest BCUT2D eigenvalue weighted by Crippen LogP contribution is -2.09. The van der Waals surface area contributed by atoms with Gasteiger partial charge in [-0.15, -0.1) is 0 Å². The molecule has 6 heteroatoms. The van der Waals surface area contributed by atoms with E-state index in [9.17, 15) is 0 Å². The van der Waals surface area contributed by atoms with Gasteiger partial charge in [-0.1, -0.05) is 11.8 Å². The molecule has 3 nitrogen and oxygen atoms in total. The maximum atomic E-state index is 5.32. The molecule has 1 fully saturated rings. The van der Waals surface area contributed by atoms with E-state index in [1.807, 2.05) is 23.9 Å². The van der Waals surface area contributed by atoms with E-state index in [-0.39, 0.29) is 0 Å². The Morgan fingerprint density at radius 1 is 1.32 bits per heavy atom. The summed E-state index contributed by atoms with van der Waals surface area (Å²) in [7, 11) is 1.67. The quantitative estimate of drug-likeness (QED) is 0.802. The molecule has 0 spiro atoms. The Balaban J connectivity index is 1.72. The van der Waals surface area contributed by atoms with Crippen molar-refractivity contribution < 1.29 is 4.74 Å². The van der Waals surface area contributed by atoms with Crippen LogP contribution in [0.5, 0.6) is 5.75 Å². The summed E-state index contributed by atoms with van der Waals surface area (Å²) in [5, 5.41) is 5.08. The van der Waals surface area contributed by atoms with Crippen LogP contribution in [0.25, 0.3) is 0 Å². The summed E-state index contributed by atoms with van der Waals surface area (Å²) in [6, 6.07) is 3.96. The summed E-state index contributed by atoms with van der Waals surface area (Å²) in [5.74, 6) is 1.70. The van der Waals surface area contributed by atoms with Crippen molar-refractivity contribution >= 4 is 54.5 Å². The first-order valence-corrected chi connectivity index (χ1v) is 8.65. The minimum Gasteiger partial charge on any atom is -0.495 e.